The van der Waals surface area contributed by atoms with E-state index in [1.807, 2.05) is 30.6 Å². The van der Waals surface area contributed by atoms with E-state index in [9.17, 15) is 9.59 Å². The Bertz CT molecular complexity index is 373. The molecule has 2 fully saturated rings. The first-order valence-corrected chi connectivity index (χ1v) is 7.41. The minimum absolute atomic E-state index is 0.121. The third kappa shape index (κ3) is 2.93. The third-order valence-electron chi connectivity index (χ3n) is 4.37. The van der Waals surface area contributed by atoms with E-state index in [4.69, 9.17) is 0 Å². The van der Waals surface area contributed by atoms with Crippen LogP contribution in [0.1, 0.15) is 53.4 Å². The van der Waals surface area contributed by atoms with Crippen LogP contribution in [-0.2, 0) is 9.59 Å². The molecule has 0 N–H and O–H groups in total. The molecule has 0 spiro atoms. The molecular formula is C15H26N2O2. The summed E-state index contributed by atoms with van der Waals surface area (Å²) >= 11 is 0. The molecule has 4 nitrogen and oxygen atoms in total. The molecule has 2 atom stereocenters. The summed E-state index contributed by atoms with van der Waals surface area (Å²) < 4.78 is 0. The fourth-order valence-electron chi connectivity index (χ4n) is 3.18. The lowest BCUT2D eigenvalue weighted by Gasteiger charge is -2.36. The van der Waals surface area contributed by atoms with Crippen LogP contribution in [0.15, 0.2) is 0 Å². The predicted molar refractivity (Wildman–Crippen MR) is 74.6 cm³/mol. The number of hydrogen-bond acceptors (Lipinski definition) is 2. The largest absolute Gasteiger partial charge is 0.340 e. The number of rotatable bonds is 1. The highest BCUT2D eigenvalue weighted by atomic mass is 16.2. The molecule has 2 rings (SSSR count). The van der Waals surface area contributed by atoms with Crippen molar-refractivity contribution in [2.24, 2.45) is 5.92 Å². The highest BCUT2D eigenvalue weighted by Crippen LogP contribution is 2.29. The lowest BCUT2D eigenvalue weighted by atomic mass is 9.99. The minimum atomic E-state index is -0.181. The average Bonchev–Trinajstić information content (AvgIpc) is 2.71. The molecule has 0 aromatic rings. The van der Waals surface area contributed by atoms with Gasteiger partial charge in [-0.2, -0.15) is 0 Å². The first-order valence-electron chi connectivity index (χ1n) is 7.41. The van der Waals surface area contributed by atoms with Gasteiger partial charge in [-0.25, -0.2) is 0 Å². The van der Waals surface area contributed by atoms with E-state index >= 15 is 0 Å². The molecular weight excluding hydrogens is 240 g/mol. The van der Waals surface area contributed by atoms with Gasteiger partial charge in [-0.3, -0.25) is 9.59 Å². The zero-order valence-electron chi connectivity index (χ0n) is 12.6. The molecule has 108 valence electrons. The summed E-state index contributed by atoms with van der Waals surface area (Å²) in [6, 6.07) is 0.333. The van der Waals surface area contributed by atoms with Crippen LogP contribution in [0.5, 0.6) is 0 Å². The minimum Gasteiger partial charge on any atom is -0.340 e. The Morgan fingerprint density at radius 3 is 2.47 bits per heavy atom. The summed E-state index contributed by atoms with van der Waals surface area (Å²) in [6.45, 7) is 9.66. The Kier molecular flexibility index (Phi) is 3.88. The molecule has 2 heterocycles. The highest BCUT2D eigenvalue weighted by molar-refractivity contribution is 5.89. The van der Waals surface area contributed by atoms with Crippen LogP contribution in [0.25, 0.3) is 0 Å². The third-order valence-corrected chi connectivity index (χ3v) is 4.37. The van der Waals surface area contributed by atoms with Crippen LogP contribution in [-0.4, -0.2) is 46.3 Å². The van der Waals surface area contributed by atoms with Gasteiger partial charge in [0.25, 0.3) is 0 Å². The highest BCUT2D eigenvalue weighted by Gasteiger charge is 2.41. The fraction of sp³-hybridized carbons (Fsp3) is 0.867. The number of carbonyl (C=O) groups is 2. The molecule has 2 aliphatic rings. The SMILES string of the molecule is C[C@@H]1CCCCN1C(=O)[C@H]1CC(=O)N(C(C)(C)C)C1. The monoisotopic (exact) mass is 266 g/mol. The first-order chi connectivity index (χ1) is 8.80. The van der Waals surface area contributed by atoms with Crippen LogP contribution in [0.4, 0.5) is 0 Å². The van der Waals surface area contributed by atoms with Crippen molar-refractivity contribution in [2.75, 3.05) is 13.1 Å². The van der Waals surface area contributed by atoms with Crippen LogP contribution >= 0.6 is 0 Å². The second kappa shape index (κ2) is 5.14. The van der Waals surface area contributed by atoms with Gasteiger partial charge in [-0.1, -0.05) is 0 Å². The summed E-state index contributed by atoms with van der Waals surface area (Å²) in [5.74, 6) is 0.176. The quantitative estimate of drug-likeness (QED) is 0.728. The predicted octanol–water partition coefficient (Wildman–Crippen LogP) is 2.03. The molecule has 0 aromatic heterocycles. The van der Waals surface area contributed by atoms with E-state index in [1.165, 1.54) is 6.42 Å². The Balaban J connectivity index is 2.03. The van der Waals surface area contributed by atoms with Crippen molar-refractivity contribution in [3.05, 3.63) is 0 Å². The van der Waals surface area contributed by atoms with Crippen molar-refractivity contribution in [1.82, 2.24) is 9.80 Å². The molecule has 19 heavy (non-hydrogen) atoms. The van der Waals surface area contributed by atoms with E-state index in [2.05, 4.69) is 6.92 Å². The van der Waals surface area contributed by atoms with Crippen molar-refractivity contribution in [1.29, 1.82) is 0 Å². The van der Waals surface area contributed by atoms with Crippen molar-refractivity contribution < 1.29 is 9.59 Å². The maximum atomic E-state index is 12.6. The molecule has 0 radical (unpaired) electrons. The van der Waals surface area contributed by atoms with Crippen molar-refractivity contribution >= 4 is 11.8 Å². The van der Waals surface area contributed by atoms with E-state index in [0.717, 1.165) is 19.4 Å². The summed E-state index contributed by atoms with van der Waals surface area (Å²) in [4.78, 5) is 28.5. The lowest BCUT2D eigenvalue weighted by Crippen LogP contribution is -2.47. The Morgan fingerprint density at radius 2 is 1.95 bits per heavy atom. The fourth-order valence-corrected chi connectivity index (χ4v) is 3.18. The van der Waals surface area contributed by atoms with Crippen LogP contribution in [0, 0.1) is 5.92 Å². The average molecular weight is 266 g/mol. The van der Waals surface area contributed by atoms with Crippen molar-refractivity contribution in [2.45, 2.75) is 65.0 Å². The molecule has 0 saturated carbocycles. The number of nitrogens with zero attached hydrogens (tertiary/aromatic N) is 2. The molecule has 0 unspecified atom stereocenters. The molecule has 0 bridgehead atoms. The van der Waals surface area contributed by atoms with Gasteiger partial charge in [0.15, 0.2) is 0 Å². The lowest BCUT2D eigenvalue weighted by molar-refractivity contribution is -0.139. The van der Waals surface area contributed by atoms with Crippen LogP contribution < -0.4 is 0 Å². The molecule has 2 saturated heterocycles. The molecule has 0 aliphatic carbocycles. The van der Waals surface area contributed by atoms with Crippen molar-refractivity contribution in [3.8, 4) is 0 Å². The molecule has 2 aliphatic heterocycles. The van der Waals surface area contributed by atoms with Gasteiger partial charge in [0.05, 0.1) is 5.92 Å². The molecule has 2 amide bonds. The van der Waals surface area contributed by atoms with Gasteiger partial charge in [0, 0.05) is 31.1 Å². The molecule has 4 heteroatoms. The zero-order chi connectivity index (χ0) is 14.2. The second-order valence-electron chi connectivity index (χ2n) is 6.95. The number of amides is 2. The van der Waals surface area contributed by atoms with Gasteiger partial charge in [0.1, 0.15) is 0 Å². The topological polar surface area (TPSA) is 40.6 Å². The maximum Gasteiger partial charge on any atom is 0.228 e. The van der Waals surface area contributed by atoms with E-state index in [-0.39, 0.29) is 23.3 Å². The summed E-state index contributed by atoms with van der Waals surface area (Å²) in [5.41, 5.74) is -0.181. The number of likely N-dealkylation sites (tertiary alicyclic amines) is 2. The standard InChI is InChI=1S/C15H26N2O2/c1-11-7-5-6-8-16(11)14(19)12-9-13(18)17(10-12)15(2,3)4/h11-12H,5-10H2,1-4H3/t11-,12+/m1/s1. The van der Waals surface area contributed by atoms with E-state index in [0.29, 0.717) is 19.0 Å². The van der Waals surface area contributed by atoms with Crippen molar-refractivity contribution in [3.63, 3.8) is 0 Å². The maximum absolute atomic E-state index is 12.6. The van der Waals surface area contributed by atoms with Gasteiger partial charge >= 0.3 is 0 Å². The van der Waals surface area contributed by atoms with E-state index < -0.39 is 0 Å². The smallest absolute Gasteiger partial charge is 0.228 e. The Hall–Kier alpha value is -1.06. The Morgan fingerprint density at radius 1 is 1.26 bits per heavy atom. The van der Waals surface area contributed by atoms with Gasteiger partial charge in [-0.05, 0) is 47.0 Å². The van der Waals surface area contributed by atoms with Gasteiger partial charge < -0.3 is 9.80 Å². The second-order valence-corrected chi connectivity index (χ2v) is 6.95. The van der Waals surface area contributed by atoms with Crippen LogP contribution in [0.3, 0.4) is 0 Å². The molecule has 0 aromatic carbocycles. The number of hydrogen-bond donors (Lipinski definition) is 0. The normalized spacial score (nSPS) is 28.9. The Labute approximate surface area is 116 Å². The van der Waals surface area contributed by atoms with Gasteiger partial charge in [-0.15, -0.1) is 0 Å². The number of piperidine rings is 1. The first kappa shape index (κ1) is 14.4. The van der Waals surface area contributed by atoms with E-state index in [1.54, 1.807) is 0 Å². The van der Waals surface area contributed by atoms with Crippen LogP contribution in [0.2, 0.25) is 0 Å². The summed E-state index contributed by atoms with van der Waals surface area (Å²) in [6.07, 6.45) is 3.79. The summed E-state index contributed by atoms with van der Waals surface area (Å²) in [5, 5.41) is 0. The van der Waals surface area contributed by atoms with Gasteiger partial charge in [0.2, 0.25) is 11.8 Å². The number of carbonyl (C=O) groups excluding carboxylic acids is 2. The summed E-state index contributed by atoms with van der Waals surface area (Å²) in [7, 11) is 0. The zero-order valence-corrected chi connectivity index (χ0v) is 12.6.